The van der Waals surface area contributed by atoms with Crippen LogP contribution >= 0.6 is 0 Å². The van der Waals surface area contributed by atoms with Crippen molar-refractivity contribution in [3.05, 3.63) is 54.2 Å². The molecule has 4 rings (SSSR count). The number of benzene rings is 1. The fraction of sp³-hybridized carbons (Fsp3) is 0.458. The van der Waals surface area contributed by atoms with Gasteiger partial charge in [-0.3, -0.25) is 9.59 Å². The smallest absolute Gasteiger partial charge is 0.231 e. The number of nitrogens with one attached hydrogen (secondary N) is 1. The van der Waals surface area contributed by atoms with Gasteiger partial charge in [-0.1, -0.05) is 37.3 Å². The lowest BCUT2D eigenvalue weighted by molar-refractivity contribution is -0.132. The fourth-order valence-electron chi connectivity index (χ4n) is 4.09. The van der Waals surface area contributed by atoms with Gasteiger partial charge in [0, 0.05) is 32.1 Å². The van der Waals surface area contributed by atoms with Crippen LogP contribution in [0.2, 0.25) is 0 Å². The van der Waals surface area contributed by atoms with E-state index in [1.165, 1.54) is 0 Å². The Kier molecular flexibility index (Phi) is 6.31. The van der Waals surface area contributed by atoms with Crippen molar-refractivity contribution in [3.63, 3.8) is 0 Å². The molecule has 2 fully saturated rings. The Morgan fingerprint density at radius 1 is 1.07 bits per heavy atom. The van der Waals surface area contributed by atoms with E-state index in [1.807, 2.05) is 54.3 Å². The van der Waals surface area contributed by atoms with Crippen LogP contribution in [-0.2, 0) is 9.59 Å². The van der Waals surface area contributed by atoms with Gasteiger partial charge in [-0.15, -0.1) is 0 Å². The maximum Gasteiger partial charge on any atom is 0.231 e. The molecule has 0 radical (unpaired) electrons. The Morgan fingerprint density at radius 3 is 2.53 bits per heavy atom. The molecule has 30 heavy (non-hydrogen) atoms. The second-order valence-corrected chi connectivity index (χ2v) is 8.21. The molecule has 1 unspecified atom stereocenters. The second-order valence-electron chi connectivity index (χ2n) is 8.21. The van der Waals surface area contributed by atoms with E-state index >= 15 is 0 Å². The van der Waals surface area contributed by atoms with E-state index in [-0.39, 0.29) is 17.7 Å². The molecule has 1 aliphatic carbocycles. The minimum absolute atomic E-state index is 0.0118. The standard InChI is InChI=1S/C24H30N4O2/c1-2-21(18-7-4-3-5-8-18)23(29)26-20-11-12-22(25-17-20)27-13-6-14-28(16-15-27)24(30)19-9-10-19/h3-5,7-8,11-12,17,19,21H,2,6,9-10,13-16H2,1H3,(H,26,29). The fourth-order valence-corrected chi connectivity index (χ4v) is 4.09. The second kappa shape index (κ2) is 9.28. The van der Waals surface area contributed by atoms with Gasteiger partial charge in [-0.05, 0) is 43.4 Å². The van der Waals surface area contributed by atoms with Crippen LogP contribution in [0.25, 0.3) is 0 Å². The van der Waals surface area contributed by atoms with Crippen LogP contribution in [-0.4, -0.2) is 47.9 Å². The monoisotopic (exact) mass is 406 g/mol. The Bertz CT molecular complexity index is 865. The van der Waals surface area contributed by atoms with Gasteiger partial charge in [0.25, 0.3) is 0 Å². The summed E-state index contributed by atoms with van der Waals surface area (Å²) in [5.74, 6) is 1.31. The molecule has 2 aliphatic rings. The predicted molar refractivity (Wildman–Crippen MR) is 118 cm³/mol. The van der Waals surface area contributed by atoms with E-state index in [0.717, 1.165) is 63.2 Å². The Labute approximate surface area is 178 Å². The highest BCUT2D eigenvalue weighted by atomic mass is 16.2. The summed E-state index contributed by atoms with van der Waals surface area (Å²) in [5.41, 5.74) is 1.73. The van der Waals surface area contributed by atoms with Crippen molar-refractivity contribution in [2.45, 2.75) is 38.5 Å². The summed E-state index contributed by atoms with van der Waals surface area (Å²) in [6.07, 6.45) is 5.52. The van der Waals surface area contributed by atoms with Gasteiger partial charge >= 0.3 is 0 Å². The van der Waals surface area contributed by atoms with E-state index in [2.05, 4.69) is 15.2 Å². The average Bonchev–Trinajstić information content (AvgIpc) is 3.62. The zero-order valence-corrected chi connectivity index (χ0v) is 17.6. The van der Waals surface area contributed by atoms with E-state index in [1.54, 1.807) is 6.20 Å². The summed E-state index contributed by atoms with van der Waals surface area (Å²) in [6, 6.07) is 13.7. The first-order valence-electron chi connectivity index (χ1n) is 11.0. The number of carbonyl (C=O) groups excluding carboxylic acids is 2. The minimum Gasteiger partial charge on any atom is -0.355 e. The Hall–Kier alpha value is -2.89. The van der Waals surface area contributed by atoms with Crippen LogP contribution in [0.15, 0.2) is 48.7 Å². The zero-order valence-electron chi connectivity index (χ0n) is 17.6. The summed E-state index contributed by atoms with van der Waals surface area (Å²) in [6.45, 7) is 5.29. The van der Waals surface area contributed by atoms with Gasteiger partial charge < -0.3 is 15.1 Å². The molecule has 1 aliphatic heterocycles. The summed E-state index contributed by atoms with van der Waals surface area (Å²) in [7, 11) is 0. The first kappa shape index (κ1) is 20.4. The highest BCUT2D eigenvalue weighted by molar-refractivity contribution is 5.95. The topological polar surface area (TPSA) is 65.5 Å². The lowest BCUT2D eigenvalue weighted by Crippen LogP contribution is -2.36. The Balaban J connectivity index is 1.35. The molecule has 0 spiro atoms. The van der Waals surface area contributed by atoms with Crippen LogP contribution < -0.4 is 10.2 Å². The number of nitrogens with zero attached hydrogens (tertiary/aromatic N) is 3. The van der Waals surface area contributed by atoms with Crippen LogP contribution in [0, 0.1) is 5.92 Å². The molecule has 1 aromatic heterocycles. The predicted octanol–water partition coefficient (Wildman–Crippen LogP) is 3.66. The first-order valence-corrected chi connectivity index (χ1v) is 11.0. The molecule has 2 aromatic rings. The molecule has 1 atom stereocenters. The number of anilines is 2. The van der Waals surface area contributed by atoms with Crippen molar-refractivity contribution in [1.82, 2.24) is 9.88 Å². The number of rotatable bonds is 6. The van der Waals surface area contributed by atoms with Gasteiger partial charge in [0.15, 0.2) is 0 Å². The molecule has 0 bridgehead atoms. The number of hydrogen-bond acceptors (Lipinski definition) is 4. The maximum atomic E-state index is 12.7. The van der Waals surface area contributed by atoms with Gasteiger partial charge in [-0.25, -0.2) is 4.98 Å². The van der Waals surface area contributed by atoms with E-state index < -0.39 is 0 Å². The quantitative estimate of drug-likeness (QED) is 0.795. The molecular weight excluding hydrogens is 376 g/mol. The third kappa shape index (κ3) is 4.81. The Morgan fingerprint density at radius 2 is 1.87 bits per heavy atom. The molecule has 1 N–H and O–H groups in total. The molecular formula is C24H30N4O2. The van der Waals surface area contributed by atoms with Crippen LogP contribution in [0.5, 0.6) is 0 Å². The van der Waals surface area contributed by atoms with Crippen molar-refractivity contribution >= 4 is 23.3 Å². The maximum absolute atomic E-state index is 12.7. The summed E-state index contributed by atoms with van der Waals surface area (Å²) < 4.78 is 0. The van der Waals surface area contributed by atoms with E-state index in [9.17, 15) is 9.59 Å². The van der Waals surface area contributed by atoms with Gasteiger partial charge in [-0.2, -0.15) is 0 Å². The number of hydrogen-bond donors (Lipinski definition) is 1. The highest BCUT2D eigenvalue weighted by Gasteiger charge is 2.34. The number of aromatic nitrogens is 1. The van der Waals surface area contributed by atoms with Crippen LogP contribution in [0.1, 0.15) is 44.1 Å². The van der Waals surface area contributed by atoms with Crippen molar-refractivity contribution in [3.8, 4) is 0 Å². The highest BCUT2D eigenvalue weighted by Crippen LogP contribution is 2.31. The largest absolute Gasteiger partial charge is 0.355 e. The molecule has 6 nitrogen and oxygen atoms in total. The zero-order chi connectivity index (χ0) is 20.9. The summed E-state index contributed by atoms with van der Waals surface area (Å²) >= 11 is 0. The van der Waals surface area contributed by atoms with Crippen molar-refractivity contribution in [2.24, 2.45) is 5.92 Å². The lowest BCUT2D eigenvalue weighted by atomic mass is 9.95. The molecule has 2 amide bonds. The molecule has 1 saturated carbocycles. The molecule has 1 saturated heterocycles. The van der Waals surface area contributed by atoms with Crippen LogP contribution in [0.3, 0.4) is 0 Å². The molecule has 6 heteroatoms. The number of pyridine rings is 1. The summed E-state index contributed by atoms with van der Waals surface area (Å²) in [5, 5.41) is 3.00. The SMILES string of the molecule is CCC(C(=O)Nc1ccc(N2CCCN(C(=O)C3CC3)CC2)nc1)c1ccccc1. The van der Waals surface area contributed by atoms with Gasteiger partial charge in [0.2, 0.25) is 11.8 Å². The van der Waals surface area contributed by atoms with Gasteiger partial charge in [0.05, 0.1) is 17.8 Å². The van der Waals surface area contributed by atoms with Gasteiger partial charge in [0.1, 0.15) is 5.82 Å². The molecule has 1 aromatic carbocycles. The van der Waals surface area contributed by atoms with E-state index in [4.69, 9.17) is 0 Å². The third-order valence-corrected chi connectivity index (χ3v) is 6.00. The van der Waals surface area contributed by atoms with E-state index in [0.29, 0.717) is 11.6 Å². The lowest BCUT2D eigenvalue weighted by Gasteiger charge is -2.23. The number of carbonyl (C=O) groups is 2. The third-order valence-electron chi connectivity index (χ3n) is 6.00. The van der Waals surface area contributed by atoms with Crippen LogP contribution in [0.4, 0.5) is 11.5 Å². The van der Waals surface area contributed by atoms with Crippen molar-refractivity contribution in [2.75, 3.05) is 36.4 Å². The first-order chi connectivity index (χ1) is 14.7. The number of amides is 2. The minimum atomic E-state index is -0.175. The normalized spacial score (nSPS) is 17.9. The molecule has 158 valence electrons. The van der Waals surface area contributed by atoms with Crippen molar-refractivity contribution < 1.29 is 9.59 Å². The molecule has 2 heterocycles. The summed E-state index contributed by atoms with van der Waals surface area (Å²) in [4.78, 5) is 33.9. The average molecular weight is 407 g/mol. The van der Waals surface area contributed by atoms with Crippen molar-refractivity contribution in [1.29, 1.82) is 0 Å².